The smallest absolute Gasteiger partial charge is 0.254 e. The van der Waals surface area contributed by atoms with E-state index in [4.69, 9.17) is 10.6 Å². The van der Waals surface area contributed by atoms with Crippen LogP contribution in [-0.4, -0.2) is 20.8 Å². The van der Waals surface area contributed by atoms with Gasteiger partial charge in [-0.1, -0.05) is 25.8 Å². The van der Waals surface area contributed by atoms with Gasteiger partial charge in [0, 0.05) is 0 Å². The Morgan fingerprint density at radius 1 is 1.64 bits per heavy atom. The normalized spacial score (nSPS) is 14.4. The molecule has 0 saturated carbocycles. The van der Waals surface area contributed by atoms with Crippen molar-refractivity contribution in [3.63, 3.8) is 0 Å². The topological polar surface area (TPSA) is 43.4 Å². The number of rotatable bonds is 5. The Balaban J connectivity index is 4.49. The second kappa shape index (κ2) is 4.63. The molecule has 0 N–H and O–H groups in total. The minimum Gasteiger partial charge on any atom is -0.254 e. The summed E-state index contributed by atoms with van der Waals surface area (Å²) in [4.78, 5) is 0. The van der Waals surface area contributed by atoms with Gasteiger partial charge in [0.15, 0.2) is 0 Å². The highest BCUT2D eigenvalue weighted by Crippen LogP contribution is 2.24. The predicted molar refractivity (Wildman–Crippen MR) is 57.1 cm³/mol. The van der Waals surface area contributed by atoms with Gasteiger partial charge in [-0.15, -0.1) is 13.0 Å². The molecule has 1 unspecified atom stereocenters. The molecule has 0 aromatic rings. The molecule has 0 aliphatic heterocycles. The van der Waals surface area contributed by atoms with Crippen molar-refractivity contribution in [2.45, 2.75) is 26.4 Å². The molecule has 1 atom stereocenters. The van der Waals surface area contributed by atoms with Crippen molar-refractivity contribution < 1.29 is 12.6 Å². The maximum absolute atomic E-state index is 10.8. The van der Waals surface area contributed by atoms with Gasteiger partial charge in [0.1, 0.15) is 6.10 Å². The number of allylic oxidation sites excluding steroid dienone is 1. The molecule has 0 rings (SSSR count). The van der Waals surface area contributed by atoms with Crippen molar-refractivity contribution in [2.24, 2.45) is 5.41 Å². The molecule has 0 amide bonds. The van der Waals surface area contributed by atoms with E-state index >= 15 is 0 Å². The minimum atomic E-state index is -3.49. The highest BCUT2D eigenvalue weighted by atomic mass is 32.2. The van der Waals surface area contributed by atoms with Crippen LogP contribution < -0.4 is 0 Å². The maximum atomic E-state index is 10.8. The molecule has 0 heterocycles. The van der Waals surface area contributed by atoms with Gasteiger partial charge in [-0.2, -0.15) is 8.42 Å². The van der Waals surface area contributed by atoms with Gasteiger partial charge in [0.2, 0.25) is 0 Å². The summed E-state index contributed by atoms with van der Waals surface area (Å²) in [6.07, 6.45) is 7.58. The zero-order valence-corrected chi connectivity index (χ0v) is 9.60. The third kappa shape index (κ3) is 5.79. The molecule has 0 aromatic heterocycles. The Morgan fingerprint density at radius 2 is 2.14 bits per heavy atom. The van der Waals surface area contributed by atoms with E-state index in [1.165, 1.54) is 0 Å². The highest BCUT2D eigenvalue weighted by Gasteiger charge is 2.22. The fourth-order valence-electron chi connectivity index (χ4n) is 0.893. The first kappa shape index (κ1) is 13.2. The van der Waals surface area contributed by atoms with Crippen molar-refractivity contribution in [2.75, 3.05) is 6.26 Å². The first-order chi connectivity index (χ1) is 6.20. The lowest BCUT2D eigenvalue weighted by atomic mass is 9.87. The standard InChI is InChI=1S/C10H16O3S/c1-6-9(13-14(5,11)12)8-10(3,4)7-2/h1,7,9H,2,8H2,3-5H3. The summed E-state index contributed by atoms with van der Waals surface area (Å²) >= 11 is 0. The molecule has 14 heavy (non-hydrogen) atoms. The second-order valence-electron chi connectivity index (χ2n) is 3.85. The van der Waals surface area contributed by atoms with Gasteiger partial charge in [0.25, 0.3) is 10.1 Å². The lowest BCUT2D eigenvalue weighted by molar-refractivity contribution is 0.213. The highest BCUT2D eigenvalue weighted by molar-refractivity contribution is 7.86. The Kier molecular flexibility index (Phi) is 4.37. The van der Waals surface area contributed by atoms with E-state index in [1.54, 1.807) is 6.08 Å². The third-order valence-electron chi connectivity index (χ3n) is 1.74. The second-order valence-corrected chi connectivity index (χ2v) is 5.45. The first-order valence-corrected chi connectivity index (χ1v) is 6.00. The fourth-order valence-corrected chi connectivity index (χ4v) is 1.44. The van der Waals surface area contributed by atoms with Crippen LogP contribution in [0.1, 0.15) is 20.3 Å². The SMILES string of the molecule is C#CC(CC(C)(C)C=C)OS(C)(=O)=O. The summed E-state index contributed by atoms with van der Waals surface area (Å²) in [7, 11) is -3.49. The van der Waals surface area contributed by atoms with Gasteiger partial charge in [-0.3, -0.25) is 4.18 Å². The molecule has 0 radical (unpaired) electrons. The van der Waals surface area contributed by atoms with Crippen LogP contribution in [0.3, 0.4) is 0 Å². The van der Waals surface area contributed by atoms with Crippen molar-refractivity contribution >= 4 is 10.1 Å². The molecule has 0 aromatic carbocycles. The summed E-state index contributed by atoms with van der Waals surface area (Å²) in [5.74, 6) is 2.30. The van der Waals surface area contributed by atoms with Gasteiger partial charge in [0.05, 0.1) is 6.26 Å². The average molecular weight is 216 g/mol. The number of terminal acetylenes is 1. The Bertz CT molecular complexity index is 333. The largest absolute Gasteiger partial charge is 0.265 e. The van der Waals surface area contributed by atoms with Gasteiger partial charge >= 0.3 is 0 Å². The van der Waals surface area contributed by atoms with E-state index in [-0.39, 0.29) is 5.41 Å². The zero-order valence-electron chi connectivity index (χ0n) is 8.78. The van der Waals surface area contributed by atoms with E-state index < -0.39 is 16.2 Å². The molecule has 0 aliphatic rings. The summed E-state index contributed by atoms with van der Waals surface area (Å²) in [6.45, 7) is 7.47. The summed E-state index contributed by atoms with van der Waals surface area (Å²) in [6, 6.07) is 0. The number of hydrogen-bond donors (Lipinski definition) is 0. The molecule has 0 saturated heterocycles. The van der Waals surface area contributed by atoms with Crippen LogP contribution in [0.5, 0.6) is 0 Å². The average Bonchev–Trinajstić information content (AvgIpc) is 2.00. The summed E-state index contributed by atoms with van der Waals surface area (Å²) in [5.41, 5.74) is -0.234. The van der Waals surface area contributed by atoms with E-state index in [9.17, 15) is 8.42 Å². The van der Waals surface area contributed by atoms with E-state index in [0.29, 0.717) is 6.42 Å². The monoisotopic (exact) mass is 216 g/mol. The lowest BCUT2D eigenvalue weighted by Crippen LogP contribution is -2.22. The van der Waals surface area contributed by atoms with Gasteiger partial charge in [-0.25, -0.2) is 0 Å². The molecule has 0 bridgehead atoms. The minimum absolute atomic E-state index is 0.234. The molecule has 80 valence electrons. The zero-order chi connectivity index (χ0) is 11.4. The molecule has 3 nitrogen and oxygen atoms in total. The molecular weight excluding hydrogens is 200 g/mol. The Labute approximate surface area is 86.3 Å². The van der Waals surface area contributed by atoms with Gasteiger partial charge in [-0.05, 0) is 11.8 Å². The van der Waals surface area contributed by atoms with E-state index in [1.807, 2.05) is 13.8 Å². The van der Waals surface area contributed by atoms with Crippen LogP contribution in [0.15, 0.2) is 12.7 Å². The van der Waals surface area contributed by atoms with Crippen LogP contribution >= 0.6 is 0 Å². The van der Waals surface area contributed by atoms with Crippen molar-refractivity contribution in [1.82, 2.24) is 0 Å². The van der Waals surface area contributed by atoms with Gasteiger partial charge < -0.3 is 0 Å². The molecule has 4 heteroatoms. The van der Waals surface area contributed by atoms with Crippen LogP contribution in [-0.2, 0) is 14.3 Å². The predicted octanol–water partition coefficient (Wildman–Crippen LogP) is 1.57. The molecule has 0 aliphatic carbocycles. The van der Waals surface area contributed by atoms with E-state index in [2.05, 4.69) is 12.5 Å². The van der Waals surface area contributed by atoms with Crippen molar-refractivity contribution in [1.29, 1.82) is 0 Å². The van der Waals surface area contributed by atoms with Crippen LogP contribution in [0.25, 0.3) is 0 Å². The van der Waals surface area contributed by atoms with E-state index in [0.717, 1.165) is 6.26 Å². The molecular formula is C10H16O3S. The van der Waals surface area contributed by atoms with Crippen molar-refractivity contribution in [3.05, 3.63) is 12.7 Å². The van der Waals surface area contributed by atoms with Crippen LogP contribution in [0.4, 0.5) is 0 Å². The van der Waals surface area contributed by atoms with Crippen LogP contribution in [0.2, 0.25) is 0 Å². The Morgan fingerprint density at radius 3 is 2.43 bits per heavy atom. The molecule has 0 spiro atoms. The molecule has 0 fully saturated rings. The summed E-state index contributed by atoms with van der Waals surface area (Å²) < 4.78 is 26.4. The lowest BCUT2D eigenvalue weighted by Gasteiger charge is -2.22. The Hall–Kier alpha value is -0.790. The maximum Gasteiger partial charge on any atom is 0.265 e. The van der Waals surface area contributed by atoms with Crippen molar-refractivity contribution in [3.8, 4) is 12.3 Å². The first-order valence-electron chi connectivity index (χ1n) is 4.18. The summed E-state index contributed by atoms with van der Waals surface area (Å²) in [5, 5.41) is 0. The fraction of sp³-hybridized carbons (Fsp3) is 0.600. The third-order valence-corrected chi connectivity index (χ3v) is 2.32. The quantitative estimate of drug-likeness (QED) is 0.398. The van der Waals surface area contributed by atoms with Crippen LogP contribution in [0, 0.1) is 17.8 Å². The number of hydrogen-bond acceptors (Lipinski definition) is 3.